The topological polar surface area (TPSA) is 67.0 Å². The van der Waals surface area contributed by atoms with Gasteiger partial charge in [0.15, 0.2) is 0 Å². The molecule has 1 unspecified atom stereocenters. The van der Waals surface area contributed by atoms with Crippen molar-refractivity contribution in [2.45, 2.75) is 51.8 Å². The first-order valence-electron chi connectivity index (χ1n) is 5.93. The molecule has 17 heavy (non-hydrogen) atoms. The van der Waals surface area contributed by atoms with Gasteiger partial charge < -0.3 is 4.74 Å². The first-order valence-corrected chi connectivity index (χ1v) is 5.93. The second-order valence-electron chi connectivity index (χ2n) is 5.36. The summed E-state index contributed by atoms with van der Waals surface area (Å²) in [6.07, 6.45) is 3.50. The average Bonchev–Trinajstić information content (AvgIpc) is 2.54. The van der Waals surface area contributed by atoms with E-state index in [0.717, 1.165) is 18.5 Å². The van der Waals surface area contributed by atoms with E-state index in [9.17, 15) is 4.79 Å². The molecule has 0 saturated heterocycles. The number of rotatable bonds is 1. The van der Waals surface area contributed by atoms with Crippen LogP contribution in [0.25, 0.3) is 0 Å². The lowest BCUT2D eigenvalue weighted by Gasteiger charge is -2.23. The number of carbonyl (C=O) groups excluding carboxylic acids is 1. The summed E-state index contributed by atoms with van der Waals surface area (Å²) in [6.45, 7) is 6.26. The number of H-pyrrole nitrogens is 1. The average molecular weight is 237 g/mol. The largest absolute Gasteiger partial charge is 0.459 e. The molecular formula is C12H19N3O2. The van der Waals surface area contributed by atoms with Crippen molar-refractivity contribution in [1.29, 1.82) is 0 Å². The molecule has 0 radical (unpaired) electrons. The van der Waals surface area contributed by atoms with Crippen LogP contribution in [-0.2, 0) is 22.5 Å². The second-order valence-corrected chi connectivity index (χ2v) is 5.36. The number of aryl methyl sites for hydroxylation is 1. The van der Waals surface area contributed by atoms with Gasteiger partial charge in [0.1, 0.15) is 11.6 Å². The summed E-state index contributed by atoms with van der Waals surface area (Å²) in [4.78, 5) is 11.9. The van der Waals surface area contributed by atoms with E-state index in [1.165, 1.54) is 5.56 Å². The fourth-order valence-corrected chi connectivity index (χ4v) is 1.91. The number of ether oxygens (including phenoxy) is 1. The molecule has 0 aromatic carbocycles. The van der Waals surface area contributed by atoms with Crippen molar-refractivity contribution < 1.29 is 9.53 Å². The highest BCUT2D eigenvalue weighted by molar-refractivity contribution is 5.76. The van der Waals surface area contributed by atoms with Crippen LogP contribution in [0.15, 0.2) is 6.20 Å². The van der Waals surface area contributed by atoms with Crippen molar-refractivity contribution in [3.8, 4) is 0 Å². The fraction of sp³-hybridized carbons (Fsp3) is 0.667. The maximum absolute atomic E-state index is 11.9. The van der Waals surface area contributed by atoms with Crippen molar-refractivity contribution >= 4 is 5.97 Å². The molecule has 1 aliphatic heterocycles. The van der Waals surface area contributed by atoms with E-state index in [1.54, 1.807) is 0 Å². The molecule has 1 aromatic rings. The molecule has 2 N–H and O–H groups in total. The number of hydrogen-bond acceptors (Lipinski definition) is 4. The zero-order chi connectivity index (χ0) is 12.5. The molecule has 1 aliphatic rings. The zero-order valence-corrected chi connectivity index (χ0v) is 10.5. The minimum Gasteiger partial charge on any atom is -0.459 e. The van der Waals surface area contributed by atoms with Crippen molar-refractivity contribution in [2.75, 3.05) is 0 Å². The first kappa shape index (κ1) is 12.1. The smallest absolute Gasteiger partial charge is 0.323 e. The van der Waals surface area contributed by atoms with E-state index in [-0.39, 0.29) is 12.0 Å². The Hall–Kier alpha value is -1.36. The summed E-state index contributed by atoms with van der Waals surface area (Å²) in [5.74, 6) is -0.174. The quantitative estimate of drug-likeness (QED) is 0.719. The number of carbonyl (C=O) groups is 1. The molecule has 0 spiro atoms. The van der Waals surface area contributed by atoms with E-state index < -0.39 is 5.60 Å². The maximum atomic E-state index is 11.9. The molecule has 0 aliphatic carbocycles. The third-order valence-electron chi connectivity index (χ3n) is 2.72. The molecule has 94 valence electrons. The van der Waals surface area contributed by atoms with Crippen LogP contribution in [0, 0.1) is 0 Å². The number of hydrogen-bond donors (Lipinski definition) is 2. The molecule has 1 atom stereocenters. The van der Waals surface area contributed by atoms with Crippen molar-refractivity contribution in [3.05, 3.63) is 17.5 Å². The van der Waals surface area contributed by atoms with Crippen LogP contribution in [0.1, 0.15) is 38.4 Å². The molecule has 2 rings (SSSR count). The van der Waals surface area contributed by atoms with E-state index in [0.29, 0.717) is 6.54 Å². The number of nitrogens with zero attached hydrogens (tertiary/aromatic N) is 1. The van der Waals surface area contributed by atoms with Gasteiger partial charge in [-0.25, -0.2) is 0 Å². The number of esters is 1. The van der Waals surface area contributed by atoms with Crippen LogP contribution in [-0.4, -0.2) is 27.8 Å². The van der Waals surface area contributed by atoms with Gasteiger partial charge in [-0.2, -0.15) is 5.10 Å². The number of aromatic amines is 1. The van der Waals surface area contributed by atoms with E-state index in [1.807, 2.05) is 27.0 Å². The van der Waals surface area contributed by atoms with Crippen molar-refractivity contribution in [3.63, 3.8) is 0 Å². The Morgan fingerprint density at radius 2 is 2.29 bits per heavy atom. The summed E-state index contributed by atoms with van der Waals surface area (Å²) < 4.78 is 5.38. The normalized spacial score (nSPS) is 20.5. The van der Waals surface area contributed by atoms with Gasteiger partial charge in [0.05, 0.1) is 5.69 Å². The SMILES string of the molecule is CC(C)(C)OC(=O)C1CCc2c[nH]nc2CN1. The second kappa shape index (κ2) is 4.49. The van der Waals surface area contributed by atoms with Gasteiger partial charge in [-0.05, 0) is 39.2 Å². The first-order chi connectivity index (χ1) is 7.96. The van der Waals surface area contributed by atoms with E-state index >= 15 is 0 Å². The predicted molar refractivity (Wildman–Crippen MR) is 63.4 cm³/mol. The number of nitrogens with one attached hydrogen (secondary N) is 2. The summed E-state index contributed by atoms with van der Waals surface area (Å²) in [7, 11) is 0. The van der Waals surface area contributed by atoms with Gasteiger partial charge in [-0.1, -0.05) is 0 Å². The Morgan fingerprint density at radius 1 is 1.53 bits per heavy atom. The summed E-state index contributed by atoms with van der Waals surface area (Å²) >= 11 is 0. The van der Waals surface area contributed by atoms with Gasteiger partial charge in [-0.3, -0.25) is 15.2 Å². The predicted octanol–water partition coefficient (Wildman–Crippen LogP) is 1.16. The number of aromatic nitrogens is 2. The highest BCUT2D eigenvalue weighted by Crippen LogP contribution is 2.16. The Kier molecular flexibility index (Phi) is 3.19. The van der Waals surface area contributed by atoms with Gasteiger partial charge in [0.25, 0.3) is 0 Å². The molecular weight excluding hydrogens is 218 g/mol. The lowest BCUT2D eigenvalue weighted by molar-refractivity contribution is -0.157. The Bertz CT molecular complexity index is 384. The summed E-state index contributed by atoms with van der Waals surface area (Å²) in [5.41, 5.74) is 1.75. The van der Waals surface area contributed by atoms with Crippen molar-refractivity contribution in [1.82, 2.24) is 15.5 Å². The lowest BCUT2D eigenvalue weighted by atomic mass is 10.1. The zero-order valence-electron chi connectivity index (χ0n) is 10.5. The van der Waals surface area contributed by atoms with Gasteiger partial charge in [0, 0.05) is 12.7 Å². The number of fused-ring (bicyclic) bond motifs is 1. The molecule has 1 aromatic heterocycles. The third kappa shape index (κ3) is 3.06. The fourth-order valence-electron chi connectivity index (χ4n) is 1.91. The molecule has 0 bridgehead atoms. The third-order valence-corrected chi connectivity index (χ3v) is 2.72. The van der Waals surface area contributed by atoms with Crippen LogP contribution >= 0.6 is 0 Å². The molecule has 5 nitrogen and oxygen atoms in total. The van der Waals surface area contributed by atoms with Gasteiger partial charge in [0.2, 0.25) is 0 Å². The van der Waals surface area contributed by atoms with Crippen LogP contribution in [0.4, 0.5) is 0 Å². The minimum absolute atomic E-state index is 0.174. The highest BCUT2D eigenvalue weighted by atomic mass is 16.6. The van der Waals surface area contributed by atoms with Crippen molar-refractivity contribution in [2.24, 2.45) is 0 Å². The minimum atomic E-state index is -0.431. The highest BCUT2D eigenvalue weighted by Gasteiger charge is 2.27. The van der Waals surface area contributed by atoms with E-state index in [2.05, 4.69) is 15.5 Å². The molecule has 0 amide bonds. The standard InChI is InChI=1S/C12H19N3O2/c1-12(2,3)17-11(16)9-5-4-8-6-14-15-10(8)7-13-9/h6,9,13H,4-5,7H2,1-3H3,(H,14,15). The molecule has 5 heteroatoms. The van der Waals surface area contributed by atoms with Crippen LogP contribution in [0.2, 0.25) is 0 Å². The Labute approximate surface area is 101 Å². The lowest BCUT2D eigenvalue weighted by Crippen LogP contribution is -2.40. The summed E-state index contributed by atoms with van der Waals surface area (Å²) in [5, 5.41) is 10.2. The van der Waals surface area contributed by atoms with Crippen LogP contribution in [0.3, 0.4) is 0 Å². The van der Waals surface area contributed by atoms with E-state index in [4.69, 9.17) is 4.74 Å². The van der Waals surface area contributed by atoms with Crippen LogP contribution in [0.5, 0.6) is 0 Å². The maximum Gasteiger partial charge on any atom is 0.323 e. The summed E-state index contributed by atoms with van der Waals surface area (Å²) in [6, 6.07) is -0.233. The van der Waals surface area contributed by atoms with Gasteiger partial charge >= 0.3 is 5.97 Å². The molecule has 2 heterocycles. The Morgan fingerprint density at radius 3 is 3.00 bits per heavy atom. The van der Waals surface area contributed by atoms with Crippen LogP contribution < -0.4 is 5.32 Å². The molecule has 0 fully saturated rings. The molecule has 0 saturated carbocycles. The van der Waals surface area contributed by atoms with Gasteiger partial charge in [-0.15, -0.1) is 0 Å². The Balaban J connectivity index is 1.97. The monoisotopic (exact) mass is 237 g/mol.